The van der Waals surface area contributed by atoms with Crippen molar-refractivity contribution in [1.29, 1.82) is 10.5 Å². The monoisotopic (exact) mass is 280 g/mol. The van der Waals surface area contributed by atoms with Crippen LogP contribution in [0, 0.1) is 29.6 Å². The molecule has 0 aliphatic carbocycles. The summed E-state index contributed by atoms with van der Waals surface area (Å²) in [6.07, 6.45) is 1.29. The van der Waals surface area contributed by atoms with Crippen molar-refractivity contribution in [3.63, 3.8) is 0 Å². The van der Waals surface area contributed by atoms with Crippen LogP contribution in [-0.4, -0.2) is 15.5 Å². The van der Waals surface area contributed by atoms with Crippen LogP contribution < -0.4 is 11.1 Å². The van der Waals surface area contributed by atoms with Crippen molar-refractivity contribution in [2.24, 2.45) is 0 Å². The minimum Gasteiger partial charge on any atom is -0.398 e. The Morgan fingerprint density at radius 1 is 1.43 bits per heavy atom. The van der Waals surface area contributed by atoms with Gasteiger partial charge in [0.25, 0.3) is 0 Å². The molecule has 1 aromatic heterocycles. The largest absolute Gasteiger partial charge is 0.398 e. The molecule has 1 amide bonds. The van der Waals surface area contributed by atoms with Crippen LogP contribution in [-0.2, 0) is 11.3 Å². The lowest BCUT2D eigenvalue weighted by molar-refractivity contribution is -0.116. The molecule has 7 nitrogen and oxygen atoms in total. The summed E-state index contributed by atoms with van der Waals surface area (Å²) in [5.74, 6) is -0.331. The lowest BCUT2D eigenvalue weighted by Crippen LogP contribution is -2.20. The molecule has 104 valence electrons. The van der Waals surface area contributed by atoms with E-state index in [4.69, 9.17) is 16.3 Å². The highest BCUT2D eigenvalue weighted by atomic mass is 16.1. The molecule has 0 atom stereocenters. The lowest BCUT2D eigenvalue weighted by atomic mass is 10.1. The van der Waals surface area contributed by atoms with Crippen LogP contribution in [0.25, 0.3) is 0 Å². The summed E-state index contributed by atoms with van der Waals surface area (Å²) in [6, 6.07) is 8.89. The average Bonchev–Trinajstić information content (AvgIpc) is 2.85. The maximum absolute atomic E-state index is 12.0. The number of imidazole rings is 1. The summed E-state index contributed by atoms with van der Waals surface area (Å²) in [4.78, 5) is 15.8. The first-order chi connectivity index (χ1) is 10.1. The molecule has 0 radical (unpaired) electrons. The molecule has 1 aromatic carbocycles. The molecule has 2 aromatic rings. The zero-order valence-corrected chi connectivity index (χ0v) is 11.3. The van der Waals surface area contributed by atoms with Crippen LogP contribution in [0.15, 0.2) is 24.5 Å². The van der Waals surface area contributed by atoms with Crippen molar-refractivity contribution >= 4 is 17.3 Å². The maximum atomic E-state index is 12.0. The van der Waals surface area contributed by atoms with E-state index in [1.165, 1.54) is 10.9 Å². The van der Waals surface area contributed by atoms with Crippen molar-refractivity contribution in [3.8, 4) is 12.1 Å². The number of aromatic nitrogens is 2. The molecular weight excluding hydrogens is 268 g/mol. The third-order valence-electron chi connectivity index (χ3n) is 3.01. The van der Waals surface area contributed by atoms with Gasteiger partial charge in [0, 0.05) is 11.4 Å². The first-order valence-corrected chi connectivity index (χ1v) is 6.07. The number of nitrogens with one attached hydrogen (secondary N) is 1. The number of anilines is 2. The number of hydrogen-bond donors (Lipinski definition) is 2. The van der Waals surface area contributed by atoms with Crippen LogP contribution in [0.5, 0.6) is 0 Å². The number of nitrogen functional groups attached to an aromatic ring is 1. The Morgan fingerprint density at radius 2 is 2.19 bits per heavy atom. The van der Waals surface area contributed by atoms with Gasteiger partial charge in [0.2, 0.25) is 5.91 Å². The number of amides is 1. The Balaban J connectivity index is 2.17. The number of nitrogens with two attached hydrogens (primary N) is 1. The quantitative estimate of drug-likeness (QED) is 0.817. The molecule has 3 N–H and O–H groups in total. The van der Waals surface area contributed by atoms with E-state index in [1.807, 2.05) is 6.07 Å². The van der Waals surface area contributed by atoms with E-state index in [2.05, 4.69) is 10.3 Å². The zero-order valence-electron chi connectivity index (χ0n) is 11.3. The van der Waals surface area contributed by atoms with E-state index in [-0.39, 0.29) is 23.8 Å². The van der Waals surface area contributed by atoms with Gasteiger partial charge in [-0.15, -0.1) is 0 Å². The molecule has 1 heterocycles. The molecule has 0 spiro atoms. The highest BCUT2D eigenvalue weighted by molar-refractivity contribution is 5.92. The third-order valence-corrected chi connectivity index (χ3v) is 3.01. The fourth-order valence-electron chi connectivity index (χ4n) is 1.83. The highest BCUT2D eigenvalue weighted by Crippen LogP contribution is 2.20. The van der Waals surface area contributed by atoms with Gasteiger partial charge >= 0.3 is 0 Å². The Hall–Kier alpha value is -3.32. The van der Waals surface area contributed by atoms with Crippen LogP contribution in [0.4, 0.5) is 11.4 Å². The lowest BCUT2D eigenvalue weighted by Gasteiger charge is -2.10. The fourth-order valence-corrected chi connectivity index (χ4v) is 1.83. The zero-order chi connectivity index (χ0) is 15.4. The number of carbonyl (C=O) groups excluding carboxylic acids is 1. The van der Waals surface area contributed by atoms with Crippen LogP contribution >= 0.6 is 0 Å². The Bertz CT molecular complexity index is 778. The second-order valence-electron chi connectivity index (χ2n) is 4.36. The number of benzene rings is 1. The highest BCUT2D eigenvalue weighted by Gasteiger charge is 2.13. The summed E-state index contributed by atoms with van der Waals surface area (Å²) in [7, 11) is 0. The number of hydrogen-bond acceptors (Lipinski definition) is 5. The van der Waals surface area contributed by atoms with Gasteiger partial charge in [-0.3, -0.25) is 4.79 Å². The Labute approximate surface area is 121 Å². The molecule has 2 rings (SSSR count). The van der Waals surface area contributed by atoms with Gasteiger partial charge in [0.05, 0.1) is 6.33 Å². The SMILES string of the molecule is Cc1c(N)cccc1NC(=O)Cn1cnc(C#N)c1C#N. The van der Waals surface area contributed by atoms with E-state index in [0.29, 0.717) is 11.4 Å². The van der Waals surface area contributed by atoms with Crippen LogP contribution in [0.1, 0.15) is 17.0 Å². The van der Waals surface area contributed by atoms with Crippen molar-refractivity contribution in [2.75, 3.05) is 11.1 Å². The van der Waals surface area contributed by atoms with Crippen molar-refractivity contribution in [3.05, 3.63) is 41.5 Å². The van der Waals surface area contributed by atoms with Gasteiger partial charge in [-0.05, 0) is 24.6 Å². The van der Waals surface area contributed by atoms with E-state index in [9.17, 15) is 4.79 Å². The molecule has 0 saturated heterocycles. The van der Waals surface area contributed by atoms with Gasteiger partial charge in [-0.2, -0.15) is 10.5 Å². The molecule has 7 heteroatoms. The van der Waals surface area contributed by atoms with Crippen molar-refractivity contribution < 1.29 is 4.79 Å². The second-order valence-corrected chi connectivity index (χ2v) is 4.36. The molecule has 0 aliphatic rings. The van der Waals surface area contributed by atoms with Gasteiger partial charge in [-0.25, -0.2) is 4.98 Å². The fraction of sp³-hybridized carbons (Fsp3) is 0.143. The number of rotatable bonds is 3. The number of carbonyl (C=O) groups is 1. The van der Waals surface area contributed by atoms with E-state index in [1.54, 1.807) is 31.2 Å². The Morgan fingerprint density at radius 3 is 2.86 bits per heavy atom. The van der Waals surface area contributed by atoms with Gasteiger partial charge in [-0.1, -0.05) is 6.07 Å². The van der Waals surface area contributed by atoms with Crippen molar-refractivity contribution in [1.82, 2.24) is 9.55 Å². The molecule has 0 fully saturated rings. The van der Waals surface area contributed by atoms with Gasteiger partial charge in [0.1, 0.15) is 18.7 Å². The Kier molecular flexibility index (Phi) is 3.87. The van der Waals surface area contributed by atoms with Gasteiger partial charge in [0.15, 0.2) is 11.4 Å². The molecule has 0 aliphatic heterocycles. The first-order valence-electron chi connectivity index (χ1n) is 6.07. The molecular formula is C14H12N6O. The molecule has 0 bridgehead atoms. The number of nitrogens with zero attached hydrogens (tertiary/aromatic N) is 4. The predicted octanol–water partition coefficient (Wildman–Crippen LogP) is 1.16. The first kappa shape index (κ1) is 14.1. The average molecular weight is 280 g/mol. The van der Waals surface area contributed by atoms with Crippen LogP contribution in [0.2, 0.25) is 0 Å². The normalized spacial score (nSPS) is 9.67. The van der Waals surface area contributed by atoms with Crippen LogP contribution in [0.3, 0.4) is 0 Å². The van der Waals surface area contributed by atoms with E-state index < -0.39 is 0 Å². The summed E-state index contributed by atoms with van der Waals surface area (Å²) in [5, 5.41) is 20.5. The van der Waals surface area contributed by atoms with Crippen molar-refractivity contribution in [2.45, 2.75) is 13.5 Å². The molecule has 0 unspecified atom stereocenters. The molecule has 21 heavy (non-hydrogen) atoms. The second kappa shape index (κ2) is 5.76. The third kappa shape index (κ3) is 2.82. The summed E-state index contributed by atoms with van der Waals surface area (Å²) in [6.45, 7) is 1.70. The summed E-state index contributed by atoms with van der Waals surface area (Å²) < 4.78 is 1.33. The topological polar surface area (TPSA) is 121 Å². The predicted molar refractivity (Wildman–Crippen MR) is 75.9 cm³/mol. The molecule has 0 saturated carbocycles. The summed E-state index contributed by atoms with van der Waals surface area (Å²) in [5.41, 5.74) is 7.81. The minimum atomic E-state index is -0.331. The van der Waals surface area contributed by atoms with Gasteiger partial charge < -0.3 is 15.6 Å². The smallest absolute Gasteiger partial charge is 0.244 e. The standard InChI is InChI=1S/C14H12N6O/c1-9-10(17)3-2-4-11(9)19-14(21)7-20-8-18-12(5-15)13(20)6-16/h2-4,8H,7,17H2,1H3,(H,19,21). The number of nitriles is 2. The maximum Gasteiger partial charge on any atom is 0.244 e. The van der Waals surface area contributed by atoms with E-state index >= 15 is 0 Å². The summed E-state index contributed by atoms with van der Waals surface area (Å²) >= 11 is 0. The minimum absolute atomic E-state index is 0.00503. The van der Waals surface area contributed by atoms with E-state index in [0.717, 1.165) is 5.56 Å².